The Morgan fingerprint density at radius 1 is 1.82 bits per heavy atom. The van der Waals surface area contributed by atoms with E-state index in [2.05, 4.69) is 11.6 Å². The van der Waals surface area contributed by atoms with Crippen LogP contribution in [0.3, 0.4) is 0 Å². The summed E-state index contributed by atoms with van der Waals surface area (Å²) in [6.07, 6.45) is 1.96. The number of aliphatic hydroxyl groups is 1. The highest BCUT2D eigenvalue weighted by Crippen LogP contribution is 2.37. The molecule has 2 heterocycles. The number of hydrogen-bond donors (Lipinski definition) is 2. The number of amidine groups is 1. The van der Waals surface area contributed by atoms with E-state index in [0.717, 1.165) is 0 Å². The van der Waals surface area contributed by atoms with Gasteiger partial charge in [0, 0.05) is 12.6 Å². The fourth-order valence-corrected chi connectivity index (χ4v) is 2.08. The predicted octanol–water partition coefficient (Wildman–Crippen LogP) is 0.480. The smallest absolute Gasteiger partial charge is 0.169 e. The molecular formula is C11H16FN3O2. The van der Waals surface area contributed by atoms with Gasteiger partial charge in [0.05, 0.1) is 12.7 Å². The highest BCUT2D eigenvalue weighted by atomic mass is 19.1. The molecular weight excluding hydrogens is 225 g/mol. The fourth-order valence-electron chi connectivity index (χ4n) is 2.08. The first-order chi connectivity index (χ1) is 7.94. The van der Waals surface area contributed by atoms with Crippen LogP contribution in [0, 0.1) is 0 Å². The molecule has 0 aliphatic carbocycles. The summed E-state index contributed by atoms with van der Waals surface area (Å²) in [4.78, 5) is 5.45. The standard InChI is InChI=1S/C11H16FN3O2/c1-7-14-9(13)3-4-15(7)10-11(2,12)5-8(6-16)17-10/h3-4,8,10,16H,1,5-6H2,2H3,(H2,13,14)/t8-,10+,11+/m0/s1. The van der Waals surface area contributed by atoms with E-state index in [-0.39, 0.29) is 13.0 Å². The minimum atomic E-state index is -1.57. The zero-order valence-electron chi connectivity index (χ0n) is 9.64. The summed E-state index contributed by atoms with van der Waals surface area (Å²) < 4.78 is 19.8. The molecule has 3 N–H and O–H groups in total. The molecule has 1 fully saturated rings. The van der Waals surface area contributed by atoms with Crippen molar-refractivity contribution < 1.29 is 14.2 Å². The molecule has 0 saturated carbocycles. The van der Waals surface area contributed by atoms with Crippen molar-refractivity contribution in [2.24, 2.45) is 10.7 Å². The molecule has 5 nitrogen and oxygen atoms in total. The van der Waals surface area contributed by atoms with Crippen molar-refractivity contribution in [1.29, 1.82) is 0 Å². The third kappa shape index (κ3) is 2.18. The molecule has 17 heavy (non-hydrogen) atoms. The maximum absolute atomic E-state index is 14.3. The molecule has 3 atom stereocenters. The molecule has 0 aromatic heterocycles. The number of hydrogen-bond acceptors (Lipinski definition) is 5. The molecule has 2 rings (SSSR count). The van der Waals surface area contributed by atoms with Gasteiger partial charge in [-0.2, -0.15) is 0 Å². The predicted molar refractivity (Wildman–Crippen MR) is 61.6 cm³/mol. The van der Waals surface area contributed by atoms with Crippen molar-refractivity contribution in [1.82, 2.24) is 4.90 Å². The lowest BCUT2D eigenvalue weighted by molar-refractivity contribution is -0.0765. The largest absolute Gasteiger partial charge is 0.394 e. The molecule has 2 aliphatic rings. The summed E-state index contributed by atoms with van der Waals surface area (Å²) in [5.41, 5.74) is 3.94. The first-order valence-corrected chi connectivity index (χ1v) is 5.39. The minimum absolute atomic E-state index is 0.144. The second kappa shape index (κ2) is 4.12. The number of alkyl halides is 1. The monoisotopic (exact) mass is 241 g/mol. The summed E-state index contributed by atoms with van der Waals surface area (Å²) >= 11 is 0. The van der Waals surface area contributed by atoms with Crippen LogP contribution in [-0.2, 0) is 4.74 Å². The van der Waals surface area contributed by atoms with Gasteiger partial charge in [0.25, 0.3) is 0 Å². The number of nitrogens with zero attached hydrogens (tertiary/aromatic N) is 2. The van der Waals surface area contributed by atoms with Gasteiger partial charge in [-0.15, -0.1) is 0 Å². The summed E-state index contributed by atoms with van der Waals surface area (Å²) in [5.74, 6) is 0.654. The van der Waals surface area contributed by atoms with Gasteiger partial charge >= 0.3 is 0 Å². The number of ether oxygens (including phenoxy) is 1. The zero-order valence-corrected chi connectivity index (χ0v) is 9.64. The second-order valence-corrected chi connectivity index (χ2v) is 4.45. The molecule has 1 saturated heterocycles. The lowest BCUT2D eigenvalue weighted by atomic mass is 10.0. The molecule has 0 unspecified atom stereocenters. The Morgan fingerprint density at radius 2 is 2.53 bits per heavy atom. The van der Waals surface area contributed by atoms with Crippen molar-refractivity contribution >= 4 is 5.84 Å². The van der Waals surface area contributed by atoms with Gasteiger partial charge in [-0.05, 0) is 13.0 Å². The lowest BCUT2D eigenvalue weighted by Crippen LogP contribution is -2.43. The van der Waals surface area contributed by atoms with E-state index < -0.39 is 18.0 Å². The number of nitrogens with two attached hydrogens (primary N) is 1. The quantitative estimate of drug-likeness (QED) is 0.737. The van der Waals surface area contributed by atoms with Crippen LogP contribution in [0.2, 0.25) is 0 Å². The average molecular weight is 241 g/mol. The van der Waals surface area contributed by atoms with Gasteiger partial charge in [-0.1, -0.05) is 6.58 Å². The topological polar surface area (TPSA) is 71.1 Å². The van der Waals surface area contributed by atoms with E-state index in [0.29, 0.717) is 11.7 Å². The second-order valence-electron chi connectivity index (χ2n) is 4.45. The van der Waals surface area contributed by atoms with Crippen LogP contribution < -0.4 is 5.73 Å². The number of aliphatic imine (C=N–C) groups is 1. The third-order valence-corrected chi connectivity index (χ3v) is 2.88. The first kappa shape index (κ1) is 12.1. The van der Waals surface area contributed by atoms with E-state index in [1.807, 2.05) is 0 Å². The van der Waals surface area contributed by atoms with Gasteiger partial charge in [0.2, 0.25) is 0 Å². The molecule has 0 amide bonds. The summed E-state index contributed by atoms with van der Waals surface area (Å²) in [5, 5.41) is 9.02. The van der Waals surface area contributed by atoms with Crippen LogP contribution in [0.1, 0.15) is 13.3 Å². The normalized spacial score (nSPS) is 37.5. The Hall–Kier alpha value is -1.40. The fraction of sp³-hybridized carbons (Fsp3) is 0.545. The Bertz CT molecular complexity index is 392. The molecule has 2 aliphatic heterocycles. The van der Waals surface area contributed by atoms with E-state index in [9.17, 15) is 4.39 Å². The SMILES string of the molecule is C=C1N=C(N)C=CN1[C@@H]1O[C@H](CO)C[C@@]1(C)F. The van der Waals surface area contributed by atoms with Crippen LogP contribution in [0.25, 0.3) is 0 Å². The molecule has 0 radical (unpaired) electrons. The molecule has 6 heteroatoms. The Kier molecular flexibility index (Phi) is 2.92. The van der Waals surface area contributed by atoms with E-state index in [1.54, 1.807) is 12.3 Å². The van der Waals surface area contributed by atoms with Crippen LogP contribution in [0.4, 0.5) is 4.39 Å². The van der Waals surface area contributed by atoms with E-state index in [4.69, 9.17) is 15.6 Å². The molecule has 0 bridgehead atoms. The Balaban J connectivity index is 2.18. The van der Waals surface area contributed by atoms with Crippen molar-refractivity contribution in [2.45, 2.75) is 31.3 Å². The van der Waals surface area contributed by atoms with Gasteiger partial charge in [0.1, 0.15) is 11.7 Å². The molecule has 0 aromatic carbocycles. The van der Waals surface area contributed by atoms with Gasteiger partial charge < -0.3 is 20.5 Å². The van der Waals surface area contributed by atoms with Gasteiger partial charge in [-0.25, -0.2) is 9.38 Å². The van der Waals surface area contributed by atoms with Crippen LogP contribution in [0.15, 0.2) is 29.7 Å². The van der Waals surface area contributed by atoms with Gasteiger partial charge in [-0.3, -0.25) is 0 Å². The third-order valence-electron chi connectivity index (χ3n) is 2.88. The van der Waals surface area contributed by atoms with E-state index in [1.165, 1.54) is 11.8 Å². The minimum Gasteiger partial charge on any atom is -0.394 e. The van der Waals surface area contributed by atoms with Crippen molar-refractivity contribution in [3.05, 3.63) is 24.7 Å². The first-order valence-electron chi connectivity index (χ1n) is 5.39. The Labute approximate surface area is 99.1 Å². The average Bonchev–Trinajstić information content (AvgIpc) is 2.54. The van der Waals surface area contributed by atoms with Crippen molar-refractivity contribution in [3.63, 3.8) is 0 Å². The highest BCUT2D eigenvalue weighted by molar-refractivity contribution is 5.92. The number of rotatable bonds is 2. The maximum Gasteiger partial charge on any atom is 0.169 e. The van der Waals surface area contributed by atoms with Crippen molar-refractivity contribution in [2.75, 3.05) is 6.61 Å². The maximum atomic E-state index is 14.3. The summed E-state index contributed by atoms with van der Waals surface area (Å²) in [6, 6.07) is 0. The molecule has 0 aromatic rings. The highest BCUT2D eigenvalue weighted by Gasteiger charge is 2.48. The molecule has 94 valence electrons. The van der Waals surface area contributed by atoms with Gasteiger partial charge in [0.15, 0.2) is 11.9 Å². The summed E-state index contributed by atoms with van der Waals surface area (Å²) in [7, 11) is 0. The van der Waals surface area contributed by atoms with E-state index >= 15 is 0 Å². The van der Waals surface area contributed by atoms with Crippen LogP contribution in [-0.4, -0.2) is 40.4 Å². The van der Waals surface area contributed by atoms with Crippen molar-refractivity contribution in [3.8, 4) is 0 Å². The Morgan fingerprint density at radius 3 is 3.06 bits per heavy atom. The number of aliphatic hydroxyl groups excluding tert-OH is 1. The van der Waals surface area contributed by atoms with Crippen LogP contribution in [0.5, 0.6) is 0 Å². The molecule has 0 spiro atoms. The van der Waals surface area contributed by atoms with Crippen LogP contribution >= 0.6 is 0 Å². The summed E-state index contributed by atoms with van der Waals surface area (Å²) in [6.45, 7) is 4.94. The number of halogens is 1. The lowest BCUT2D eigenvalue weighted by Gasteiger charge is -2.33. The zero-order chi connectivity index (χ0) is 12.6.